The summed E-state index contributed by atoms with van der Waals surface area (Å²) in [6.07, 6.45) is 11.8. The lowest BCUT2D eigenvalue weighted by atomic mass is 9.93. The van der Waals surface area contributed by atoms with Crippen LogP contribution in [0, 0.1) is 0 Å². The van der Waals surface area contributed by atoms with Gasteiger partial charge in [-0.3, -0.25) is 9.59 Å². The zero-order valence-corrected chi connectivity index (χ0v) is 17.7. The Morgan fingerprint density at radius 2 is 1.14 bits per heavy atom. The molecule has 1 aromatic rings. The number of nitrogens with zero attached hydrogens (tertiary/aromatic N) is 2. The van der Waals surface area contributed by atoms with E-state index in [0.717, 1.165) is 38.8 Å². The molecule has 2 amide bonds. The highest BCUT2D eigenvalue weighted by atomic mass is 16.2. The van der Waals surface area contributed by atoms with Crippen LogP contribution < -0.4 is 0 Å². The average Bonchev–Trinajstić information content (AvgIpc) is 2.76. The fourth-order valence-corrected chi connectivity index (χ4v) is 5.04. The molecule has 154 valence electrons. The second-order valence-corrected chi connectivity index (χ2v) is 8.35. The Bertz CT molecular complexity index is 607. The number of amides is 2. The Labute approximate surface area is 170 Å². The number of rotatable bonds is 6. The molecule has 0 N–H and O–H groups in total. The fraction of sp³-hybridized carbons (Fsp3) is 0.667. The van der Waals surface area contributed by atoms with E-state index < -0.39 is 0 Å². The predicted molar refractivity (Wildman–Crippen MR) is 114 cm³/mol. The molecular formula is C24H36N2O2. The van der Waals surface area contributed by atoms with Crippen LogP contribution >= 0.6 is 0 Å². The number of benzene rings is 1. The Hall–Kier alpha value is -1.84. The van der Waals surface area contributed by atoms with Gasteiger partial charge in [0.25, 0.3) is 11.8 Å². The van der Waals surface area contributed by atoms with Crippen molar-refractivity contribution in [2.75, 3.05) is 13.1 Å². The number of carbonyl (C=O) groups is 2. The van der Waals surface area contributed by atoms with E-state index in [1.54, 1.807) is 0 Å². The van der Waals surface area contributed by atoms with E-state index in [-0.39, 0.29) is 11.8 Å². The van der Waals surface area contributed by atoms with Crippen molar-refractivity contribution in [2.45, 2.75) is 90.1 Å². The lowest BCUT2D eigenvalue weighted by molar-refractivity contribution is 0.0646. The summed E-state index contributed by atoms with van der Waals surface area (Å²) in [5.41, 5.74) is 1.30. The lowest BCUT2D eigenvalue weighted by Crippen LogP contribution is -2.42. The first-order chi connectivity index (χ1) is 13.7. The van der Waals surface area contributed by atoms with Crippen LogP contribution in [0.2, 0.25) is 0 Å². The molecule has 0 radical (unpaired) electrons. The highest BCUT2D eigenvalue weighted by molar-refractivity contribution is 5.99. The van der Waals surface area contributed by atoms with Crippen LogP contribution in [0.15, 0.2) is 24.3 Å². The van der Waals surface area contributed by atoms with Gasteiger partial charge in [-0.2, -0.15) is 0 Å². The molecule has 0 aliphatic heterocycles. The second-order valence-electron chi connectivity index (χ2n) is 8.35. The summed E-state index contributed by atoms with van der Waals surface area (Å²) >= 11 is 0. The van der Waals surface area contributed by atoms with E-state index in [0.29, 0.717) is 23.2 Å². The molecule has 0 heterocycles. The van der Waals surface area contributed by atoms with Crippen LogP contribution in [-0.2, 0) is 0 Å². The first-order valence-electron chi connectivity index (χ1n) is 11.4. The van der Waals surface area contributed by atoms with E-state index >= 15 is 0 Å². The molecule has 0 aromatic heterocycles. The maximum absolute atomic E-state index is 13.2. The van der Waals surface area contributed by atoms with Gasteiger partial charge in [0.15, 0.2) is 0 Å². The minimum Gasteiger partial charge on any atom is -0.336 e. The first kappa shape index (κ1) is 20.9. The second kappa shape index (κ2) is 10.1. The SMILES string of the molecule is CCN(C(=O)c1cccc(C(=O)N(CC)C2CCCCC2)c1)C1CCCCC1. The van der Waals surface area contributed by atoms with E-state index in [2.05, 4.69) is 13.8 Å². The van der Waals surface area contributed by atoms with Gasteiger partial charge in [0.1, 0.15) is 0 Å². The van der Waals surface area contributed by atoms with Gasteiger partial charge in [-0.15, -0.1) is 0 Å². The Morgan fingerprint density at radius 3 is 1.50 bits per heavy atom. The molecular weight excluding hydrogens is 348 g/mol. The largest absolute Gasteiger partial charge is 0.336 e. The van der Waals surface area contributed by atoms with Gasteiger partial charge in [-0.1, -0.05) is 44.6 Å². The van der Waals surface area contributed by atoms with Crippen LogP contribution in [0.4, 0.5) is 0 Å². The van der Waals surface area contributed by atoms with Crippen molar-refractivity contribution >= 4 is 11.8 Å². The average molecular weight is 385 g/mol. The van der Waals surface area contributed by atoms with Gasteiger partial charge in [-0.25, -0.2) is 0 Å². The molecule has 3 rings (SSSR count). The van der Waals surface area contributed by atoms with Crippen LogP contribution in [0.3, 0.4) is 0 Å². The van der Waals surface area contributed by atoms with Crippen LogP contribution in [-0.4, -0.2) is 46.8 Å². The summed E-state index contributed by atoms with van der Waals surface area (Å²) in [5.74, 6) is 0.148. The van der Waals surface area contributed by atoms with Crippen molar-refractivity contribution < 1.29 is 9.59 Å². The van der Waals surface area contributed by atoms with Crippen molar-refractivity contribution in [3.8, 4) is 0 Å². The fourth-order valence-electron chi connectivity index (χ4n) is 5.04. The maximum Gasteiger partial charge on any atom is 0.254 e. The van der Waals surface area contributed by atoms with E-state index in [1.807, 2.05) is 34.1 Å². The monoisotopic (exact) mass is 384 g/mol. The number of carbonyl (C=O) groups excluding carboxylic acids is 2. The van der Waals surface area contributed by atoms with Gasteiger partial charge in [0.05, 0.1) is 0 Å². The van der Waals surface area contributed by atoms with Crippen LogP contribution in [0.25, 0.3) is 0 Å². The zero-order chi connectivity index (χ0) is 19.9. The van der Waals surface area contributed by atoms with Crippen molar-refractivity contribution in [1.82, 2.24) is 9.80 Å². The van der Waals surface area contributed by atoms with Gasteiger partial charge in [0.2, 0.25) is 0 Å². The normalized spacial score (nSPS) is 18.6. The molecule has 2 fully saturated rings. The molecule has 0 spiro atoms. The van der Waals surface area contributed by atoms with Crippen LogP contribution in [0.1, 0.15) is 98.8 Å². The molecule has 2 aliphatic rings. The minimum absolute atomic E-state index is 0.0739. The standard InChI is InChI=1S/C24H36N2O2/c1-3-25(21-14-7-5-8-15-21)23(27)19-12-11-13-20(18-19)24(28)26(4-2)22-16-9-6-10-17-22/h11-13,18,21-22H,3-10,14-17H2,1-2H3. The summed E-state index contributed by atoms with van der Waals surface area (Å²) in [6.45, 7) is 5.57. The molecule has 2 saturated carbocycles. The summed E-state index contributed by atoms with van der Waals surface area (Å²) in [4.78, 5) is 30.4. The van der Waals surface area contributed by atoms with E-state index in [1.165, 1.54) is 38.5 Å². The van der Waals surface area contributed by atoms with Gasteiger partial charge < -0.3 is 9.80 Å². The van der Waals surface area contributed by atoms with E-state index in [4.69, 9.17) is 0 Å². The lowest BCUT2D eigenvalue weighted by Gasteiger charge is -2.34. The Kier molecular flexibility index (Phi) is 7.52. The molecule has 0 bridgehead atoms. The van der Waals surface area contributed by atoms with Crippen molar-refractivity contribution in [3.05, 3.63) is 35.4 Å². The van der Waals surface area contributed by atoms with Gasteiger partial charge in [0, 0.05) is 36.3 Å². The topological polar surface area (TPSA) is 40.6 Å². The third-order valence-corrected chi connectivity index (χ3v) is 6.59. The first-order valence-corrected chi connectivity index (χ1v) is 11.4. The smallest absolute Gasteiger partial charge is 0.254 e. The highest BCUT2D eigenvalue weighted by Gasteiger charge is 2.27. The van der Waals surface area contributed by atoms with Crippen LogP contribution in [0.5, 0.6) is 0 Å². The minimum atomic E-state index is 0.0739. The van der Waals surface area contributed by atoms with Crippen molar-refractivity contribution in [1.29, 1.82) is 0 Å². The predicted octanol–water partition coefficient (Wildman–Crippen LogP) is 5.28. The molecule has 28 heavy (non-hydrogen) atoms. The molecule has 0 atom stereocenters. The number of hydrogen-bond donors (Lipinski definition) is 0. The molecule has 4 heteroatoms. The van der Waals surface area contributed by atoms with E-state index in [9.17, 15) is 9.59 Å². The molecule has 4 nitrogen and oxygen atoms in total. The molecule has 1 aromatic carbocycles. The highest BCUT2D eigenvalue weighted by Crippen LogP contribution is 2.26. The maximum atomic E-state index is 13.2. The summed E-state index contributed by atoms with van der Waals surface area (Å²) in [5, 5.41) is 0. The molecule has 2 aliphatic carbocycles. The van der Waals surface area contributed by atoms with Crippen molar-refractivity contribution in [3.63, 3.8) is 0 Å². The summed E-state index contributed by atoms with van der Waals surface area (Å²) in [7, 11) is 0. The quantitative estimate of drug-likeness (QED) is 0.670. The third kappa shape index (κ3) is 4.76. The molecule has 0 unspecified atom stereocenters. The molecule has 0 saturated heterocycles. The third-order valence-electron chi connectivity index (χ3n) is 6.59. The van der Waals surface area contributed by atoms with Gasteiger partial charge in [-0.05, 0) is 57.7 Å². The Balaban J connectivity index is 1.76. The summed E-state index contributed by atoms with van der Waals surface area (Å²) in [6, 6.07) is 8.11. The zero-order valence-electron chi connectivity index (χ0n) is 17.7. The summed E-state index contributed by atoms with van der Waals surface area (Å²) < 4.78 is 0. The number of hydrogen-bond acceptors (Lipinski definition) is 2. The van der Waals surface area contributed by atoms with Crippen molar-refractivity contribution in [2.24, 2.45) is 0 Å². The van der Waals surface area contributed by atoms with Gasteiger partial charge >= 0.3 is 0 Å². The Morgan fingerprint density at radius 1 is 0.750 bits per heavy atom.